The first-order chi connectivity index (χ1) is 17.5. The van der Waals surface area contributed by atoms with Gasteiger partial charge < -0.3 is 15.0 Å². The summed E-state index contributed by atoms with van der Waals surface area (Å²) < 4.78 is 6.12. The van der Waals surface area contributed by atoms with Crippen molar-refractivity contribution in [3.63, 3.8) is 0 Å². The molecule has 6 nitrogen and oxygen atoms in total. The molecule has 4 rings (SSSR count). The molecule has 2 fully saturated rings. The zero-order chi connectivity index (χ0) is 26.8. The van der Waals surface area contributed by atoms with E-state index in [1.807, 2.05) is 47.4 Å². The summed E-state index contributed by atoms with van der Waals surface area (Å²) in [5, 5.41) is 13.6. The summed E-state index contributed by atoms with van der Waals surface area (Å²) in [6, 6.07) is 15.3. The van der Waals surface area contributed by atoms with Gasteiger partial charge in [-0.05, 0) is 101 Å². The lowest BCUT2D eigenvalue weighted by atomic mass is 9.74. The van der Waals surface area contributed by atoms with Crippen LogP contribution in [0.1, 0.15) is 94.1 Å². The smallest absolute Gasteiger partial charge is 0.219 e. The molecule has 0 aromatic heterocycles. The Morgan fingerprint density at radius 3 is 2.22 bits per heavy atom. The molecule has 2 aliphatic heterocycles. The molecule has 2 aliphatic rings. The number of hydrogen-bond donors (Lipinski definition) is 1. The van der Waals surface area contributed by atoms with Gasteiger partial charge in [0.2, 0.25) is 5.91 Å². The van der Waals surface area contributed by atoms with E-state index in [2.05, 4.69) is 39.1 Å². The molecule has 0 unspecified atom stereocenters. The molecule has 2 aromatic carbocycles. The van der Waals surface area contributed by atoms with Gasteiger partial charge in [0, 0.05) is 43.1 Å². The topological polar surface area (TPSA) is 82.4 Å². The molecule has 0 bridgehead atoms. The third kappa shape index (κ3) is 6.59. The second kappa shape index (κ2) is 10.7. The molecule has 1 amide bonds. The van der Waals surface area contributed by atoms with Crippen molar-refractivity contribution in [3.8, 4) is 17.6 Å². The summed E-state index contributed by atoms with van der Waals surface area (Å²) in [5.41, 5.74) is 2.24. The highest BCUT2D eigenvalue weighted by atomic mass is 16.5. The predicted molar refractivity (Wildman–Crippen MR) is 145 cm³/mol. The van der Waals surface area contributed by atoms with Gasteiger partial charge in [-0.1, -0.05) is 12.1 Å². The number of ether oxygens (including phenoxy) is 1. The first-order valence-electron chi connectivity index (χ1n) is 13.4. The van der Waals surface area contributed by atoms with E-state index < -0.39 is 0 Å². The number of Topliss-reactive ketones (excluding diaryl/α,β-unsaturated/α-hetero) is 1. The Hall–Kier alpha value is -3.17. The molecule has 0 spiro atoms. The van der Waals surface area contributed by atoms with Crippen LogP contribution in [0.5, 0.6) is 11.5 Å². The number of rotatable bonds is 6. The van der Waals surface area contributed by atoms with E-state index in [-0.39, 0.29) is 28.7 Å². The molecule has 196 valence electrons. The molecule has 0 radical (unpaired) electrons. The zero-order valence-electron chi connectivity index (χ0n) is 22.8. The van der Waals surface area contributed by atoms with Gasteiger partial charge in [0.15, 0.2) is 5.78 Å². The monoisotopic (exact) mass is 501 g/mol. The molecule has 1 N–H and O–H groups in total. The summed E-state index contributed by atoms with van der Waals surface area (Å²) in [4.78, 5) is 26.6. The molecule has 2 saturated heterocycles. The Bertz CT molecular complexity index is 1170. The minimum Gasteiger partial charge on any atom is -0.456 e. The van der Waals surface area contributed by atoms with Crippen LogP contribution in [0.15, 0.2) is 42.5 Å². The molecule has 0 atom stereocenters. The Labute approximate surface area is 221 Å². The molecule has 2 heterocycles. The van der Waals surface area contributed by atoms with E-state index in [0.29, 0.717) is 48.1 Å². The fraction of sp³-hybridized carbons (Fsp3) is 0.516. The van der Waals surface area contributed by atoms with Crippen molar-refractivity contribution < 1.29 is 14.3 Å². The van der Waals surface area contributed by atoms with E-state index in [9.17, 15) is 14.9 Å². The summed E-state index contributed by atoms with van der Waals surface area (Å²) in [7, 11) is 0. The standard InChI is InChI=1S/C31H39N3O3/c1-21(35)34-15-13-23(14-16-34)26-7-6-8-29(27(26)20-32)37-25-11-9-24(10-12-25)28(36)17-22-18-30(2,3)33-31(4,5)19-22/h6-12,22-23,33H,13-19H2,1-5H3. The number of likely N-dealkylation sites (tertiary alicyclic amines) is 1. The van der Waals surface area contributed by atoms with Crippen LogP contribution < -0.4 is 10.1 Å². The maximum atomic E-state index is 13.1. The van der Waals surface area contributed by atoms with Gasteiger partial charge in [0.05, 0.1) is 5.56 Å². The molecular formula is C31H39N3O3. The van der Waals surface area contributed by atoms with E-state index in [4.69, 9.17) is 4.74 Å². The van der Waals surface area contributed by atoms with Crippen molar-refractivity contribution in [2.45, 2.75) is 83.7 Å². The number of ketones is 1. The van der Waals surface area contributed by atoms with E-state index in [0.717, 1.165) is 31.2 Å². The van der Waals surface area contributed by atoms with Crippen LogP contribution >= 0.6 is 0 Å². The summed E-state index contributed by atoms with van der Waals surface area (Å²) >= 11 is 0. The van der Waals surface area contributed by atoms with E-state index >= 15 is 0 Å². The fourth-order valence-electron chi connectivity index (χ4n) is 6.49. The number of nitrogens with zero attached hydrogens (tertiary/aromatic N) is 2. The van der Waals surface area contributed by atoms with Gasteiger partial charge in [-0.25, -0.2) is 0 Å². The fourth-order valence-corrected chi connectivity index (χ4v) is 6.49. The summed E-state index contributed by atoms with van der Waals surface area (Å²) in [5.74, 6) is 1.94. The van der Waals surface area contributed by atoms with Crippen molar-refractivity contribution in [1.82, 2.24) is 10.2 Å². The van der Waals surface area contributed by atoms with Crippen molar-refractivity contribution in [1.29, 1.82) is 5.26 Å². The average Bonchev–Trinajstić information content (AvgIpc) is 2.82. The van der Waals surface area contributed by atoms with Crippen LogP contribution in [0.4, 0.5) is 0 Å². The maximum Gasteiger partial charge on any atom is 0.219 e. The van der Waals surface area contributed by atoms with Crippen molar-refractivity contribution in [2.75, 3.05) is 13.1 Å². The van der Waals surface area contributed by atoms with Crippen LogP contribution in [0, 0.1) is 17.2 Å². The highest BCUT2D eigenvalue weighted by molar-refractivity contribution is 5.96. The molecular weight excluding hydrogens is 462 g/mol. The highest BCUT2D eigenvalue weighted by Crippen LogP contribution is 2.37. The first kappa shape index (κ1) is 26.9. The Morgan fingerprint density at radius 2 is 1.65 bits per heavy atom. The molecule has 6 heteroatoms. The zero-order valence-corrected chi connectivity index (χ0v) is 22.8. The number of hydrogen-bond acceptors (Lipinski definition) is 5. The molecule has 0 saturated carbocycles. The van der Waals surface area contributed by atoms with Crippen LogP contribution in [-0.2, 0) is 4.79 Å². The van der Waals surface area contributed by atoms with Gasteiger partial charge in [-0.15, -0.1) is 0 Å². The minimum absolute atomic E-state index is 0.0157. The van der Waals surface area contributed by atoms with Gasteiger partial charge in [0.25, 0.3) is 0 Å². The lowest BCUT2D eigenvalue weighted by Crippen LogP contribution is -2.57. The third-order valence-corrected chi connectivity index (χ3v) is 7.70. The third-order valence-electron chi connectivity index (χ3n) is 7.70. The van der Waals surface area contributed by atoms with Crippen molar-refractivity contribution >= 4 is 11.7 Å². The number of benzene rings is 2. The SMILES string of the molecule is CC(=O)N1CCC(c2cccc(Oc3ccc(C(=O)CC4CC(C)(C)NC(C)(C)C4)cc3)c2C#N)CC1. The van der Waals surface area contributed by atoms with E-state index in [1.165, 1.54) is 0 Å². The van der Waals surface area contributed by atoms with Gasteiger partial charge >= 0.3 is 0 Å². The quantitative estimate of drug-likeness (QED) is 0.476. The van der Waals surface area contributed by atoms with Gasteiger partial charge in [-0.2, -0.15) is 5.26 Å². The first-order valence-corrected chi connectivity index (χ1v) is 13.4. The Kier molecular flexibility index (Phi) is 7.75. The molecule has 37 heavy (non-hydrogen) atoms. The normalized spacial score (nSPS) is 19.7. The lowest BCUT2D eigenvalue weighted by Gasteiger charge is -2.46. The number of piperidine rings is 2. The summed E-state index contributed by atoms with van der Waals surface area (Å²) in [6.07, 6.45) is 4.16. The lowest BCUT2D eigenvalue weighted by molar-refractivity contribution is -0.129. The largest absolute Gasteiger partial charge is 0.456 e. The Morgan fingerprint density at radius 1 is 1.03 bits per heavy atom. The second-order valence-corrected chi connectivity index (χ2v) is 12.0. The minimum atomic E-state index is 0.0157. The van der Waals surface area contributed by atoms with Crippen LogP contribution in [0.25, 0.3) is 0 Å². The number of carbonyl (C=O) groups is 2. The van der Waals surface area contributed by atoms with Crippen LogP contribution in [-0.4, -0.2) is 40.8 Å². The van der Waals surface area contributed by atoms with Gasteiger partial charge in [-0.3, -0.25) is 9.59 Å². The second-order valence-electron chi connectivity index (χ2n) is 12.0. The predicted octanol–water partition coefficient (Wildman–Crippen LogP) is 6.21. The number of amides is 1. The van der Waals surface area contributed by atoms with Crippen LogP contribution in [0.2, 0.25) is 0 Å². The highest BCUT2D eigenvalue weighted by Gasteiger charge is 2.38. The number of carbonyl (C=O) groups excluding carboxylic acids is 2. The molecule has 0 aliphatic carbocycles. The van der Waals surface area contributed by atoms with Crippen molar-refractivity contribution in [3.05, 3.63) is 59.2 Å². The van der Waals surface area contributed by atoms with E-state index in [1.54, 1.807) is 6.92 Å². The molecule has 2 aromatic rings. The summed E-state index contributed by atoms with van der Waals surface area (Å²) in [6.45, 7) is 11.8. The Balaban J connectivity index is 1.43. The average molecular weight is 502 g/mol. The van der Waals surface area contributed by atoms with Gasteiger partial charge in [0.1, 0.15) is 17.6 Å². The number of nitriles is 1. The van der Waals surface area contributed by atoms with Crippen LogP contribution in [0.3, 0.4) is 0 Å². The maximum absolute atomic E-state index is 13.1. The number of nitrogens with one attached hydrogen (secondary N) is 1. The van der Waals surface area contributed by atoms with Crippen molar-refractivity contribution in [2.24, 2.45) is 5.92 Å².